The lowest BCUT2D eigenvalue weighted by molar-refractivity contribution is -0.155. The molecular weight excluding hydrogens is 246 g/mol. The highest BCUT2D eigenvalue weighted by Gasteiger charge is 2.48. The summed E-state index contributed by atoms with van der Waals surface area (Å²) in [6.45, 7) is 1.89. The Morgan fingerprint density at radius 3 is 2.79 bits per heavy atom. The Bertz CT molecular complexity index is 474. The van der Waals surface area contributed by atoms with Crippen molar-refractivity contribution in [1.29, 1.82) is 5.26 Å². The molecule has 1 N–H and O–H groups in total. The smallest absolute Gasteiger partial charge is 0.317 e. The minimum atomic E-state index is -0.921. The normalized spacial score (nSPS) is 30.5. The summed E-state index contributed by atoms with van der Waals surface area (Å²) in [5, 5.41) is 19.1. The Hall–Kier alpha value is -1.83. The highest BCUT2D eigenvalue weighted by molar-refractivity contribution is 6.11. The zero-order valence-electron chi connectivity index (χ0n) is 10.9. The number of ketones is 1. The molecule has 3 atom stereocenters. The summed E-state index contributed by atoms with van der Waals surface area (Å²) in [6.07, 6.45) is 3.29. The number of aliphatic hydroxyl groups excluding tert-OH is 1. The van der Waals surface area contributed by atoms with Crippen LogP contribution in [0, 0.1) is 29.1 Å². The number of nitriles is 1. The van der Waals surface area contributed by atoms with Gasteiger partial charge in [0.05, 0.1) is 6.61 Å². The van der Waals surface area contributed by atoms with Gasteiger partial charge in [0.2, 0.25) is 0 Å². The summed E-state index contributed by atoms with van der Waals surface area (Å²) in [5.74, 6) is -2.67. The molecule has 0 aromatic carbocycles. The van der Waals surface area contributed by atoms with Crippen molar-refractivity contribution >= 4 is 11.8 Å². The molecule has 0 radical (unpaired) electrons. The molecule has 1 fully saturated rings. The van der Waals surface area contributed by atoms with E-state index in [4.69, 9.17) is 10.00 Å². The number of rotatable bonds is 2. The predicted molar refractivity (Wildman–Crippen MR) is 65.8 cm³/mol. The van der Waals surface area contributed by atoms with Gasteiger partial charge in [-0.3, -0.25) is 9.59 Å². The van der Waals surface area contributed by atoms with Crippen LogP contribution >= 0.6 is 0 Å². The van der Waals surface area contributed by atoms with Gasteiger partial charge in [-0.2, -0.15) is 5.26 Å². The lowest BCUT2D eigenvalue weighted by atomic mass is 9.65. The highest BCUT2D eigenvalue weighted by Crippen LogP contribution is 2.44. The quantitative estimate of drug-likeness (QED) is 0.607. The summed E-state index contributed by atoms with van der Waals surface area (Å²) in [7, 11) is 0. The highest BCUT2D eigenvalue weighted by atomic mass is 16.5. The number of ether oxygens (including phenoxy) is 1. The molecule has 2 aliphatic carbocycles. The van der Waals surface area contributed by atoms with Crippen LogP contribution in [0.15, 0.2) is 11.3 Å². The second-order valence-corrected chi connectivity index (χ2v) is 5.02. The van der Waals surface area contributed by atoms with Crippen molar-refractivity contribution in [3.63, 3.8) is 0 Å². The first-order chi connectivity index (χ1) is 9.11. The number of allylic oxidation sites excluding steroid dienone is 2. The van der Waals surface area contributed by atoms with Gasteiger partial charge in [-0.1, -0.05) is 12.8 Å². The van der Waals surface area contributed by atoms with Gasteiger partial charge >= 0.3 is 5.97 Å². The average molecular weight is 263 g/mol. The van der Waals surface area contributed by atoms with Gasteiger partial charge in [0.1, 0.15) is 23.3 Å². The predicted octanol–water partition coefficient (Wildman–Crippen LogP) is 1.89. The maximum atomic E-state index is 12.2. The molecule has 3 unspecified atom stereocenters. The number of carbonyl (C=O) groups is 2. The topological polar surface area (TPSA) is 87.4 Å². The number of esters is 1. The molecule has 2 rings (SSSR count). The van der Waals surface area contributed by atoms with Gasteiger partial charge in [-0.25, -0.2) is 0 Å². The summed E-state index contributed by atoms with van der Waals surface area (Å²) < 4.78 is 4.96. The fourth-order valence-electron chi connectivity index (χ4n) is 3.19. The van der Waals surface area contributed by atoms with Crippen LogP contribution in [0.1, 0.15) is 32.6 Å². The monoisotopic (exact) mass is 263 g/mol. The molecule has 5 heteroatoms. The van der Waals surface area contributed by atoms with Crippen LogP contribution in [0.5, 0.6) is 0 Å². The molecule has 0 saturated heterocycles. The van der Waals surface area contributed by atoms with Gasteiger partial charge in [0, 0.05) is 5.92 Å². The first-order valence-electron chi connectivity index (χ1n) is 6.65. The lowest BCUT2D eigenvalue weighted by Crippen LogP contribution is -2.43. The number of fused-ring (bicyclic) bond motifs is 1. The fourth-order valence-corrected chi connectivity index (χ4v) is 3.19. The minimum Gasteiger partial charge on any atom is -0.510 e. The van der Waals surface area contributed by atoms with Crippen molar-refractivity contribution in [2.75, 3.05) is 6.61 Å². The first kappa shape index (κ1) is 13.6. The molecule has 102 valence electrons. The second kappa shape index (κ2) is 5.43. The Morgan fingerprint density at radius 1 is 1.47 bits per heavy atom. The van der Waals surface area contributed by atoms with Crippen molar-refractivity contribution in [2.45, 2.75) is 32.6 Å². The van der Waals surface area contributed by atoms with E-state index in [1.54, 1.807) is 13.0 Å². The summed E-state index contributed by atoms with van der Waals surface area (Å²) >= 11 is 0. The van der Waals surface area contributed by atoms with E-state index in [0.29, 0.717) is 12.8 Å². The van der Waals surface area contributed by atoms with E-state index in [1.807, 2.05) is 0 Å². The van der Waals surface area contributed by atoms with Crippen LogP contribution in [0.3, 0.4) is 0 Å². The third kappa shape index (κ3) is 2.23. The number of hydrogen-bond acceptors (Lipinski definition) is 5. The van der Waals surface area contributed by atoms with Gasteiger partial charge in [0.25, 0.3) is 0 Å². The Morgan fingerprint density at radius 2 is 2.16 bits per heavy atom. The first-order valence-corrected chi connectivity index (χ1v) is 6.65. The van der Waals surface area contributed by atoms with E-state index in [2.05, 4.69) is 0 Å². The van der Waals surface area contributed by atoms with Gasteiger partial charge in [-0.15, -0.1) is 0 Å². The van der Waals surface area contributed by atoms with Crippen LogP contribution in [0.2, 0.25) is 0 Å². The van der Waals surface area contributed by atoms with Gasteiger partial charge in [-0.05, 0) is 25.7 Å². The van der Waals surface area contributed by atoms with Crippen molar-refractivity contribution in [1.82, 2.24) is 0 Å². The summed E-state index contributed by atoms with van der Waals surface area (Å²) in [6, 6.07) is 1.74. The van der Waals surface area contributed by atoms with E-state index < -0.39 is 17.7 Å². The van der Waals surface area contributed by atoms with E-state index in [1.165, 1.54) is 0 Å². The Labute approximate surface area is 111 Å². The summed E-state index contributed by atoms with van der Waals surface area (Å²) in [5.41, 5.74) is -0.263. The molecule has 5 nitrogen and oxygen atoms in total. The maximum absolute atomic E-state index is 12.2. The van der Waals surface area contributed by atoms with Crippen LogP contribution in [-0.2, 0) is 14.3 Å². The van der Waals surface area contributed by atoms with E-state index in [9.17, 15) is 14.7 Å². The molecule has 1 saturated carbocycles. The van der Waals surface area contributed by atoms with Crippen LogP contribution in [-0.4, -0.2) is 23.5 Å². The summed E-state index contributed by atoms with van der Waals surface area (Å²) in [4.78, 5) is 24.2. The SMILES string of the molecule is CCOC(=O)C1C(=O)C(C#N)=C(O)C2CCCCC21. The third-order valence-electron chi connectivity index (χ3n) is 4.04. The van der Waals surface area contributed by atoms with Crippen molar-refractivity contribution in [2.24, 2.45) is 17.8 Å². The van der Waals surface area contributed by atoms with Crippen LogP contribution in [0.25, 0.3) is 0 Å². The molecule has 0 bridgehead atoms. The zero-order chi connectivity index (χ0) is 14.0. The molecule has 0 amide bonds. The molecular formula is C14H17NO4. The number of aliphatic hydroxyl groups is 1. The number of carbonyl (C=O) groups excluding carboxylic acids is 2. The molecule has 0 spiro atoms. The van der Waals surface area contributed by atoms with Crippen molar-refractivity contribution in [3.8, 4) is 6.07 Å². The zero-order valence-corrected chi connectivity index (χ0v) is 10.9. The third-order valence-corrected chi connectivity index (χ3v) is 4.04. The number of nitrogens with zero attached hydrogens (tertiary/aromatic N) is 1. The Kier molecular flexibility index (Phi) is 3.89. The van der Waals surface area contributed by atoms with Gasteiger partial charge in [0.15, 0.2) is 5.78 Å². The van der Waals surface area contributed by atoms with Crippen LogP contribution < -0.4 is 0 Å². The Balaban J connectivity index is 2.41. The molecule has 0 heterocycles. The van der Waals surface area contributed by atoms with Crippen LogP contribution in [0.4, 0.5) is 0 Å². The number of hydrogen-bond donors (Lipinski definition) is 1. The molecule has 0 aliphatic heterocycles. The van der Waals surface area contributed by atoms with Crippen molar-refractivity contribution < 1.29 is 19.4 Å². The largest absolute Gasteiger partial charge is 0.510 e. The molecule has 19 heavy (non-hydrogen) atoms. The number of Topliss-reactive ketones (excluding diaryl/α,β-unsaturated/α-hetero) is 1. The average Bonchev–Trinajstić information content (AvgIpc) is 2.40. The lowest BCUT2D eigenvalue weighted by Gasteiger charge is -2.38. The molecule has 0 aromatic heterocycles. The standard InChI is InChI=1S/C14H17NO4/c1-2-19-14(18)11-8-5-3-4-6-9(8)12(16)10(7-15)13(11)17/h8-9,11,16H,2-6H2,1H3. The van der Waals surface area contributed by atoms with Gasteiger partial charge < -0.3 is 9.84 Å². The van der Waals surface area contributed by atoms with E-state index in [-0.39, 0.29) is 29.8 Å². The van der Waals surface area contributed by atoms with E-state index in [0.717, 1.165) is 12.8 Å². The molecule has 2 aliphatic rings. The molecule has 0 aromatic rings. The van der Waals surface area contributed by atoms with E-state index >= 15 is 0 Å². The minimum absolute atomic E-state index is 0.127. The second-order valence-electron chi connectivity index (χ2n) is 5.02. The fraction of sp³-hybridized carbons (Fsp3) is 0.643. The maximum Gasteiger partial charge on any atom is 0.317 e. The van der Waals surface area contributed by atoms with Crippen molar-refractivity contribution in [3.05, 3.63) is 11.3 Å².